The maximum absolute atomic E-state index is 13.0. The van der Waals surface area contributed by atoms with Gasteiger partial charge in [-0.2, -0.15) is 0 Å². The van der Waals surface area contributed by atoms with Crippen molar-refractivity contribution in [2.24, 2.45) is 17.3 Å². The average molecular weight is 452 g/mol. The minimum Gasteiger partial charge on any atom is -0.480 e. The second-order valence-electron chi connectivity index (χ2n) is 11.7. The molecule has 33 heavy (non-hydrogen) atoms. The van der Waals surface area contributed by atoms with Crippen LogP contribution < -0.4 is 4.74 Å². The highest BCUT2D eigenvalue weighted by molar-refractivity contribution is 6.45. The first-order valence-electron chi connectivity index (χ1n) is 12.1. The van der Waals surface area contributed by atoms with Crippen molar-refractivity contribution in [1.29, 1.82) is 0 Å². The Balaban J connectivity index is 1.49. The molecule has 5 nitrogen and oxygen atoms in total. The smallest absolute Gasteiger partial charge is 0.457 e. The molecule has 5 rings (SSSR count). The van der Waals surface area contributed by atoms with Gasteiger partial charge in [0.05, 0.1) is 11.7 Å². The number of rotatable bonds is 6. The van der Waals surface area contributed by atoms with Crippen LogP contribution in [0.4, 0.5) is 0 Å². The van der Waals surface area contributed by atoms with Crippen LogP contribution in [-0.2, 0) is 20.5 Å². The highest BCUT2D eigenvalue weighted by Gasteiger charge is 2.67. The zero-order valence-electron chi connectivity index (χ0n) is 21.1. The van der Waals surface area contributed by atoms with Crippen molar-refractivity contribution in [3.05, 3.63) is 28.8 Å². The van der Waals surface area contributed by atoms with Crippen LogP contribution in [0, 0.1) is 36.5 Å². The van der Waals surface area contributed by atoms with Crippen LogP contribution in [0.2, 0.25) is 6.32 Å². The molecule has 4 atom stereocenters. The van der Waals surface area contributed by atoms with E-state index in [1.165, 1.54) is 6.42 Å². The first-order valence-corrected chi connectivity index (χ1v) is 12.1. The van der Waals surface area contributed by atoms with Crippen molar-refractivity contribution in [1.82, 2.24) is 0 Å². The monoisotopic (exact) mass is 452 g/mol. The molecule has 2 bridgehead atoms. The number of terminal acetylenes is 1. The summed E-state index contributed by atoms with van der Waals surface area (Å²) >= 11 is 0. The summed E-state index contributed by atoms with van der Waals surface area (Å²) in [5, 5.41) is 0. The number of benzene rings is 1. The van der Waals surface area contributed by atoms with E-state index in [1.807, 2.05) is 39.8 Å². The molecule has 0 spiro atoms. The van der Waals surface area contributed by atoms with E-state index < -0.39 is 11.6 Å². The summed E-state index contributed by atoms with van der Waals surface area (Å²) in [5.74, 6) is 3.80. The molecular formula is C27H37BO5. The van der Waals surface area contributed by atoms with Crippen molar-refractivity contribution >= 4 is 13.1 Å². The first kappa shape index (κ1) is 24.2. The quantitative estimate of drug-likeness (QED) is 0.336. The highest BCUT2D eigenvalue weighted by Crippen LogP contribution is 2.65. The van der Waals surface area contributed by atoms with E-state index >= 15 is 0 Å². The predicted molar refractivity (Wildman–Crippen MR) is 129 cm³/mol. The van der Waals surface area contributed by atoms with Crippen LogP contribution in [0.1, 0.15) is 75.9 Å². The Bertz CT molecular complexity index is 972. The molecule has 1 saturated heterocycles. The third-order valence-corrected chi connectivity index (χ3v) is 8.10. The van der Waals surface area contributed by atoms with Crippen LogP contribution >= 0.6 is 0 Å². The fourth-order valence-corrected chi connectivity index (χ4v) is 6.17. The van der Waals surface area contributed by atoms with E-state index in [0.717, 1.165) is 36.2 Å². The van der Waals surface area contributed by atoms with Gasteiger partial charge in [0.1, 0.15) is 23.5 Å². The topological polar surface area (TPSA) is 54.0 Å². The third kappa shape index (κ3) is 4.31. The Morgan fingerprint density at radius 3 is 2.64 bits per heavy atom. The molecule has 3 saturated carbocycles. The lowest BCUT2D eigenvalue weighted by Gasteiger charge is -2.64. The van der Waals surface area contributed by atoms with Gasteiger partial charge in [0.15, 0.2) is 0 Å². The van der Waals surface area contributed by atoms with E-state index in [4.69, 9.17) is 25.2 Å². The maximum Gasteiger partial charge on any atom is 0.457 e. The summed E-state index contributed by atoms with van der Waals surface area (Å²) < 4.78 is 24.3. The fourth-order valence-electron chi connectivity index (χ4n) is 6.17. The number of ether oxygens (including phenoxy) is 2. The number of esters is 1. The minimum atomic E-state index is -0.603. The summed E-state index contributed by atoms with van der Waals surface area (Å²) in [6.45, 7) is 14.6. The first-order chi connectivity index (χ1) is 15.4. The van der Waals surface area contributed by atoms with Crippen LogP contribution in [0.25, 0.3) is 0 Å². The fraction of sp³-hybridized carbons (Fsp3) is 0.667. The molecule has 0 radical (unpaired) electrons. The largest absolute Gasteiger partial charge is 0.480 e. The molecule has 1 heterocycles. The molecule has 6 heteroatoms. The lowest BCUT2D eigenvalue weighted by molar-refractivity contribution is -0.199. The predicted octanol–water partition coefficient (Wildman–Crippen LogP) is 5.23. The number of hydrogen-bond acceptors (Lipinski definition) is 5. The molecule has 178 valence electrons. The van der Waals surface area contributed by atoms with Gasteiger partial charge in [0, 0.05) is 0 Å². The molecule has 4 aliphatic rings. The third-order valence-electron chi connectivity index (χ3n) is 8.10. The number of carbonyl (C=O) groups excluding carboxylic acids is 1. The normalized spacial score (nSPS) is 29.6. The van der Waals surface area contributed by atoms with Crippen LogP contribution in [0.3, 0.4) is 0 Å². The Labute approximate surface area is 199 Å². The van der Waals surface area contributed by atoms with Gasteiger partial charge < -0.3 is 18.8 Å². The van der Waals surface area contributed by atoms with Crippen molar-refractivity contribution < 1.29 is 23.6 Å². The molecular weight excluding hydrogens is 415 g/mol. The summed E-state index contributed by atoms with van der Waals surface area (Å²) in [4.78, 5) is 13.0. The van der Waals surface area contributed by atoms with Gasteiger partial charge in [-0.15, -0.1) is 6.42 Å². The number of carbonyl (C=O) groups is 1. The van der Waals surface area contributed by atoms with E-state index in [9.17, 15) is 4.79 Å². The Morgan fingerprint density at radius 2 is 2.00 bits per heavy atom. The SMILES string of the molecule is C#CCOc1ccc(CCB2OC3CC4CC(C4(C)C)[C@]3(C)O2)c(C)c1C(=O)OC(C)(C)C. The van der Waals surface area contributed by atoms with Gasteiger partial charge in [-0.3, -0.25) is 0 Å². The van der Waals surface area contributed by atoms with Crippen molar-refractivity contribution in [3.8, 4) is 18.1 Å². The number of aryl methyl sites for hydroxylation is 1. The Morgan fingerprint density at radius 1 is 1.27 bits per heavy atom. The van der Waals surface area contributed by atoms with E-state index in [2.05, 4.69) is 26.7 Å². The van der Waals surface area contributed by atoms with Gasteiger partial charge >= 0.3 is 13.1 Å². The zero-order valence-corrected chi connectivity index (χ0v) is 21.1. The molecule has 1 aliphatic heterocycles. The number of hydrogen-bond donors (Lipinski definition) is 0. The summed E-state index contributed by atoms with van der Waals surface area (Å²) in [6, 6.07) is 3.81. The molecule has 3 aliphatic carbocycles. The van der Waals surface area contributed by atoms with Gasteiger partial charge in [0.2, 0.25) is 0 Å². The van der Waals surface area contributed by atoms with Crippen molar-refractivity contribution in [3.63, 3.8) is 0 Å². The van der Waals surface area contributed by atoms with Gasteiger partial charge in [-0.05, 0) is 94.6 Å². The van der Waals surface area contributed by atoms with Gasteiger partial charge in [-0.1, -0.05) is 25.8 Å². The van der Waals surface area contributed by atoms with Crippen LogP contribution in [0.15, 0.2) is 12.1 Å². The van der Waals surface area contributed by atoms with Crippen molar-refractivity contribution in [2.45, 2.75) is 91.4 Å². The van der Waals surface area contributed by atoms with Gasteiger partial charge in [-0.25, -0.2) is 4.79 Å². The molecule has 4 fully saturated rings. The van der Waals surface area contributed by atoms with E-state index in [-0.39, 0.29) is 25.4 Å². The summed E-state index contributed by atoms with van der Waals surface area (Å²) in [5.41, 5.74) is 1.87. The van der Waals surface area contributed by atoms with Gasteiger partial charge in [0.25, 0.3) is 0 Å². The molecule has 1 aromatic carbocycles. The molecule has 3 unspecified atom stereocenters. The molecule has 0 N–H and O–H groups in total. The molecule has 0 amide bonds. The van der Waals surface area contributed by atoms with Crippen LogP contribution in [0.5, 0.6) is 5.75 Å². The zero-order chi connectivity index (χ0) is 24.2. The standard InChI is InChI=1S/C27H37BO5/c1-9-14-30-20-11-10-18(17(2)23(20)24(29)31-25(3,4)5)12-13-28-32-22-16-19-15-21(26(19,6)7)27(22,8)33-28/h1,10-11,19,21-22H,12-16H2,2-8H3/t19?,21?,22?,27-/m0/s1. The second kappa shape index (κ2) is 8.36. The maximum atomic E-state index is 13.0. The average Bonchev–Trinajstić information content (AvgIpc) is 3.05. The Hall–Kier alpha value is -1.97. The summed E-state index contributed by atoms with van der Waals surface area (Å²) in [6.07, 6.45) is 9.34. The highest BCUT2D eigenvalue weighted by atomic mass is 16.7. The minimum absolute atomic E-state index is 0.0941. The molecule has 0 aromatic heterocycles. The van der Waals surface area contributed by atoms with Crippen LogP contribution in [-0.4, -0.2) is 37.0 Å². The van der Waals surface area contributed by atoms with E-state index in [0.29, 0.717) is 22.6 Å². The second-order valence-corrected chi connectivity index (χ2v) is 11.7. The summed E-state index contributed by atoms with van der Waals surface area (Å²) in [7, 11) is -0.225. The lowest BCUT2D eigenvalue weighted by Crippen LogP contribution is -2.65. The lowest BCUT2D eigenvalue weighted by atomic mass is 9.43. The van der Waals surface area contributed by atoms with Crippen molar-refractivity contribution in [2.75, 3.05) is 6.61 Å². The Kier molecular flexibility index (Phi) is 6.12. The molecule has 1 aromatic rings. The van der Waals surface area contributed by atoms with E-state index in [1.54, 1.807) is 0 Å².